The maximum absolute atomic E-state index is 12.1. The molecule has 1 aliphatic rings. The van der Waals surface area contributed by atoms with Crippen LogP contribution in [0, 0.1) is 0 Å². The molecule has 0 saturated carbocycles. The number of carboxylic acid groups (broad SMARTS) is 1. The molecule has 1 N–H and O–H groups in total. The van der Waals surface area contributed by atoms with Gasteiger partial charge in [0.05, 0.1) is 0 Å². The molecular weight excluding hydrogens is 310 g/mol. The highest BCUT2D eigenvalue weighted by atomic mass is 32.1. The fourth-order valence-electron chi connectivity index (χ4n) is 2.20. The third-order valence-corrected chi connectivity index (χ3v) is 5.23. The average molecular weight is 323 g/mol. The number of hydrogen-bond donors (Lipinski definition) is 1. The van der Waals surface area contributed by atoms with Crippen LogP contribution in [0.25, 0.3) is 0 Å². The van der Waals surface area contributed by atoms with E-state index in [1.54, 1.807) is 21.6 Å². The van der Waals surface area contributed by atoms with E-state index in [2.05, 4.69) is 6.07 Å². The Bertz CT molecular complexity index is 676. The Morgan fingerprint density at radius 3 is 3.00 bits per heavy atom. The van der Waals surface area contributed by atoms with E-state index in [9.17, 15) is 9.59 Å². The van der Waals surface area contributed by atoms with Crippen LogP contribution in [0.5, 0.6) is 5.75 Å². The summed E-state index contributed by atoms with van der Waals surface area (Å²) in [6, 6.07) is 3.49. The Morgan fingerprint density at radius 1 is 1.38 bits per heavy atom. The maximum Gasteiger partial charge on any atom is 0.346 e. The molecule has 3 heterocycles. The monoisotopic (exact) mass is 323 g/mol. The Hall–Kier alpha value is -1.86. The van der Waals surface area contributed by atoms with E-state index in [1.807, 2.05) is 5.38 Å². The lowest BCUT2D eigenvalue weighted by Crippen LogP contribution is -2.38. The highest BCUT2D eigenvalue weighted by Crippen LogP contribution is 2.25. The van der Waals surface area contributed by atoms with E-state index in [4.69, 9.17) is 9.84 Å². The molecule has 0 bridgehead atoms. The van der Waals surface area contributed by atoms with Crippen LogP contribution in [-0.2, 0) is 17.8 Å². The van der Waals surface area contributed by atoms with Gasteiger partial charge < -0.3 is 14.7 Å². The first-order valence-electron chi connectivity index (χ1n) is 6.41. The lowest BCUT2D eigenvalue weighted by molar-refractivity contribution is -0.134. The average Bonchev–Trinajstić information content (AvgIpc) is 3.12. The van der Waals surface area contributed by atoms with Gasteiger partial charge in [0.1, 0.15) is 10.6 Å². The minimum absolute atomic E-state index is 0.0603. The molecule has 0 radical (unpaired) electrons. The maximum atomic E-state index is 12.1. The van der Waals surface area contributed by atoms with Crippen LogP contribution in [0.1, 0.15) is 20.1 Å². The van der Waals surface area contributed by atoms with Gasteiger partial charge in [0, 0.05) is 29.4 Å². The first kappa shape index (κ1) is 14.1. The second kappa shape index (κ2) is 5.87. The summed E-state index contributed by atoms with van der Waals surface area (Å²) in [5.41, 5.74) is 1.21. The number of fused-ring (bicyclic) bond motifs is 1. The number of aromatic carboxylic acids is 1. The van der Waals surface area contributed by atoms with E-state index >= 15 is 0 Å². The molecule has 0 aromatic carbocycles. The van der Waals surface area contributed by atoms with E-state index in [0.717, 1.165) is 17.8 Å². The topological polar surface area (TPSA) is 66.8 Å². The first-order valence-corrected chi connectivity index (χ1v) is 8.17. The van der Waals surface area contributed by atoms with Crippen molar-refractivity contribution in [3.8, 4) is 5.75 Å². The summed E-state index contributed by atoms with van der Waals surface area (Å²) in [5.74, 6) is -0.629. The van der Waals surface area contributed by atoms with Crippen molar-refractivity contribution in [3.05, 3.63) is 38.2 Å². The zero-order valence-electron chi connectivity index (χ0n) is 11.1. The van der Waals surface area contributed by atoms with Gasteiger partial charge in [-0.1, -0.05) is 0 Å². The van der Waals surface area contributed by atoms with Crippen molar-refractivity contribution < 1.29 is 19.4 Å². The predicted molar refractivity (Wildman–Crippen MR) is 80.2 cm³/mol. The number of amides is 1. The van der Waals surface area contributed by atoms with E-state index in [-0.39, 0.29) is 17.4 Å². The molecule has 0 atom stereocenters. The van der Waals surface area contributed by atoms with Crippen molar-refractivity contribution in [2.75, 3.05) is 13.2 Å². The molecular formula is C14H13NO4S2. The minimum Gasteiger partial charge on any atom is -0.483 e. The molecule has 2 aromatic heterocycles. The summed E-state index contributed by atoms with van der Waals surface area (Å²) in [7, 11) is 0. The van der Waals surface area contributed by atoms with Crippen molar-refractivity contribution in [2.45, 2.75) is 13.0 Å². The number of hydrogen-bond acceptors (Lipinski definition) is 5. The summed E-state index contributed by atoms with van der Waals surface area (Å²) in [5, 5.41) is 12.5. The Morgan fingerprint density at radius 2 is 2.24 bits per heavy atom. The Kier molecular flexibility index (Phi) is 3.94. The lowest BCUT2D eigenvalue weighted by Gasteiger charge is -2.26. The first-order chi connectivity index (χ1) is 10.1. The highest BCUT2D eigenvalue weighted by molar-refractivity contribution is 7.12. The summed E-state index contributed by atoms with van der Waals surface area (Å²) >= 11 is 2.82. The van der Waals surface area contributed by atoms with Gasteiger partial charge in [-0.15, -0.1) is 22.7 Å². The fourth-order valence-corrected chi connectivity index (χ4v) is 3.76. The van der Waals surface area contributed by atoms with E-state index in [0.29, 0.717) is 18.8 Å². The van der Waals surface area contributed by atoms with E-state index < -0.39 is 5.97 Å². The summed E-state index contributed by atoms with van der Waals surface area (Å²) in [4.78, 5) is 26.2. The second-order valence-corrected chi connectivity index (χ2v) is 6.59. The zero-order valence-corrected chi connectivity index (χ0v) is 12.7. The van der Waals surface area contributed by atoms with Crippen LogP contribution in [0.3, 0.4) is 0 Å². The van der Waals surface area contributed by atoms with Gasteiger partial charge in [-0.25, -0.2) is 4.79 Å². The van der Waals surface area contributed by atoms with Crippen molar-refractivity contribution in [2.24, 2.45) is 0 Å². The van der Waals surface area contributed by atoms with Crippen molar-refractivity contribution in [1.29, 1.82) is 0 Å². The third-order valence-electron chi connectivity index (χ3n) is 3.31. The summed E-state index contributed by atoms with van der Waals surface area (Å²) < 4.78 is 5.38. The van der Waals surface area contributed by atoms with Crippen LogP contribution in [0.2, 0.25) is 0 Å². The number of carbonyl (C=O) groups is 2. The second-order valence-electron chi connectivity index (χ2n) is 4.67. The van der Waals surface area contributed by atoms with Gasteiger partial charge in [-0.2, -0.15) is 0 Å². The zero-order chi connectivity index (χ0) is 14.8. The van der Waals surface area contributed by atoms with Crippen LogP contribution in [0.4, 0.5) is 0 Å². The van der Waals surface area contributed by atoms with Crippen LogP contribution in [0.15, 0.2) is 22.9 Å². The standard InChI is InChI=1S/C14H13NO4S2/c16-13(7-19-10-5-12(14(17)18)21-8-10)15-3-1-11-9(6-15)2-4-20-11/h2,4-5,8H,1,3,6-7H2,(H,17,18). The minimum atomic E-state index is -0.984. The molecule has 7 heteroatoms. The smallest absolute Gasteiger partial charge is 0.346 e. The molecule has 0 fully saturated rings. The molecule has 2 aromatic rings. The molecule has 0 spiro atoms. The van der Waals surface area contributed by atoms with E-state index in [1.165, 1.54) is 16.5 Å². The molecule has 5 nitrogen and oxygen atoms in total. The van der Waals surface area contributed by atoms with Gasteiger partial charge in [0.15, 0.2) is 6.61 Å². The quantitative estimate of drug-likeness (QED) is 0.938. The van der Waals surface area contributed by atoms with Crippen molar-refractivity contribution in [1.82, 2.24) is 4.90 Å². The summed E-state index contributed by atoms with van der Waals surface area (Å²) in [6.07, 6.45) is 0.889. The molecule has 0 saturated heterocycles. The molecule has 1 aliphatic heterocycles. The number of carbonyl (C=O) groups excluding carboxylic acids is 1. The molecule has 110 valence electrons. The van der Waals surface area contributed by atoms with Gasteiger partial charge in [0.2, 0.25) is 0 Å². The number of rotatable bonds is 4. The van der Waals surface area contributed by atoms with Crippen LogP contribution >= 0.6 is 22.7 Å². The highest BCUT2D eigenvalue weighted by Gasteiger charge is 2.21. The molecule has 3 rings (SSSR count). The Labute approximate surface area is 129 Å². The lowest BCUT2D eigenvalue weighted by atomic mass is 10.1. The number of carboxylic acids is 1. The van der Waals surface area contributed by atoms with Crippen molar-refractivity contribution in [3.63, 3.8) is 0 Å². The molecule has 0 aliphatic carbocycles. The van der Waals surface area contributed by atoms with Crippen LogP contribution < -0.4 is 4.74 Å². The Balaban J connectivity index is 1.56. The van der Waals surface area contributed by atoms with Gasteiger partial charge in [-0.05, 0) is 23.4 Å². The van der Waals surface area contributed by atoms with Crippen molar-refractivity contribution >= 4 is 34.6 Å². The van der Waals surface area contributed by atoms with Gasteiger partial charge >= 0.3 is 5.97 Å². The third kappa shape index (κ3) is 3.08. The molecule has 21 heavy (non-hydrogen) atoms. The normalized spacial score (nSPS) is 13.8. The van der Waals surface area contributed by atoms with Crippen LogP contribution in [-0.4, -0.2) is 35.0 Å². The predicted octanol–water partition coefficient (Wildman–Crippen LogP) is 2.47. The number of thiophene rings is 2. The largest absolute Gasteiger partial charge is 0.483 e. The number of nitrogens with zero attached hydrogens (tertiary/aromatic N) is 1. The SMILES string of the molecule is O=C(O)c1cc(OCC(=O)N2CCc3sccc3C2)cs1. The van der Waals surface area contributed by atoms with Gasteiger partial charge in [0.25, 0.3) is 5.91 Å². The number of ether oxygens (including phenoxy) is 1. The molecule has 0 unspecified atom stereocenters. The summed E-state index contributed by atoms with van der Waals surface area (Å²) in [6.45, 7) is 1.28. The van der Waals surface area contributed by atoms with Gasteiger partial charge in [-0.3, -0.25) is 4.79 Å². The molecule has 1 amide bonds. The fraction of sp³-hybridized carbons (Fsp3) is 0.286.